The van der Waals surface area contributed by atoms with Crippen LogP contribution in [0, 0.1) is 18.6 Å². The number of nitrogens with two attached hydrogens (primary N) is 1. The number of anilines is 2. The fourth-order valence-corrected chi connectivity index (χ4v) is 1.79. The number of pyridine rings is 1. The summed E-state index contributed by atoms with van der Waals surface area (Å²) in [5.41, 5.74) is 7.99. The molecule has 0 spiro atoms. The summed E-state index contributed by atoms with van der Waals surface area (Å²) in [6.45, 7) is 2.40. The number of halogens is 2. The Bertz CT molecular complexity index is 565. The van der Waals surface area contributed by atoms with Gasteiger partial charge >= 0.3 is 0 Å². The van der Waals surface area contributed by atoms with Crippen LogP contribution in [-0.4, -0.2) is 11.5 Å². The van der Waals surface area contributed by atoms with Crippen LogP contribution >= 0.6 is 0 Å². The normalized spacial score (nSPS) is 10.5. The van der Waals surface area contributed by atoms with Gasteiger partial charge in [-0.2, -0.15) is 0 Å². The van der Waals surface area contributed by atoms with E-state index >= 15 is 0 Å². The molecule has 3 nitrogen and oxygen atoms in total. The van der Waals surface area contributed by atoms with Gasteiger partial charge in [0.2, 0.25) is 0 Å². The average molecular weight is 263 g/mol. The van der Waals surface area contributed by atoms with Crippen molar-refractivity contribution >= 4 is 11.5 Å². The number of nitrogen functional groups attached to an aromatic ring is 1. The molecule has 0 bridgehead atoms. The number of rotatable bonds is 4. The van der Waals surface area contributed by atoms with Crippen molar-refractivity contribution in [3.8, 4) is 0 Å². The van der Waals surface area contributed by atoms with Gasteiger partial charge in [0.05, 0.1) is 5.69 Å². The molecule has 0 radical (unpaired) electrons. The lowest BCUT2D eigenvalue weighted by atomic mass is 10.1. The van der Waals surface area contributed by atoms with Crippen LogP contribution in [0.1, 0.15) is 11.1 Å². The van der Waals surface area contributed by atoms with Gasteiger partial charge in [-0.3, -0.25) is 0 Å². The molecule has 2 aromatic rings. The van der Waals surface area contributed by atoms with Crippen LogP contribution < -0.4 is 11.1 Å². The average Bonchev–Trinajstić information content (AvgIpc) is 2.33. The minimum atomic E-state index is -0.566. The van der Waals surface area contributed by atoms with E-state index in [4.69, 9.17) is 5.73 Å². The van der Waals surface area contributed by atoms with E-state index in [-0.39, 0.29) is 0 Å². The van der Waals surface area contributed by atoms with Gasteiger partial charge in [0.25, 0.3) is 0 Å². The van der Waals surface area contributed by atoms with Gasteiger partial charge in [-0.05, 0) is 42.7 Å². The Labute approximate surface area is 110 Å². The first kappa shape index (κ1) is 13.3. The molecule has 19 heavy (non-hydrogen) atoms. The molecule has 0 aliphatic carbocycles. The van der Waals surface area contributed by atoms with E-state index in [0.29, 0.717) is 30.0 Å². The van der Waals surface area contributed by atoms with Crippen molar-refractivity contribution in [3.05, 3.63) is 53.2 Å². The van der Waals surface area contributed by atoms with Gasteiger partial charge in [0, 0.05) is 18.8 Å². The zero-order valence-corrected chi connectivity index (χ0v) is 10.6. The Hall–Kier alpha value is -2.17. The second kappa shape index (κ2) is 5.65. The minimum Gasteiger partial charge on any atom is -0.396 e. The van der Waals surface area contributed by atoms with Crippen molar-refractivity contribution in [1.82, 2.24) is 4.98 Å². The number of hydrogen-bond acceptors (Lipinski definition) is 3. The first-order chi connectivity index (χ1) is 9.06. The number of nitrogens with zero attached hydrogens (tertiary/aromatic N) is 1. The second-order valence-electron chi connectivity index (χ2n) is 4.34. The number of aromatic nitrogens is 1. The summed E-state index contributed by atoms with van der Waals surface area (Å²) in [5.74, 6) is -0.539. The topological polar surface area (TPSA) is 50.9 Å². The highest BCUT2D eigenvalue weighted by Crippen LogP contribution is 2.18. The summed E-state index contributed by atoms with van der Waals surface area (Å²) in [4.78, 5) is 4.12. The third-order valence-corrected chi connectivity index (χ3v) is 2.84. The molecule has 1 aromatic heterocycles. The van der Waals surface area contributed by atoms with E-state index in [1.54, 1.807) is 6.20 Å². The zero-order valence-electron chi connectivity index (χ0n) is 10.6. The lowest BCUT2D eigenvalue weighted by molar-refractivity contribution is 0.580. The molecule has 1 aromatic carbocycles. The predicted octanol–water partition coefficient (Wildman–Crippen LogP) is 2.91. The van der Waals surface area contributed by atoms with Crippen molar-refractivity contribution in [2.75, 3.05) is 17.6 Å². The zero-order chi connectivity index (χ0) is 13.8. The number of benzene rings is 1. The standard InChI is InChI=1S/C14H15F2N3/c1-9-2-4-18-14(13(9)17)19-5-3-10-6-11(15)8-12(16)7-10/h2,4,6-8H,3,5,17H2,1H3,(H,18,19). The highest BCUT2D eigenvalue weighted by molar-refractivity contribution is 5.64. The van der Waals surface area contributed by atoms with Crippen LogP contribution in [0.3, 0.4) is 0 Å². The van der Waals surface area contributed by atoms with E-state index in [1.165, 1.54) is 12.1 Å². The maximum Gasteiger partial charge on any atom is 0.149 e. The molecule has 0 fully saturated rings. The van der Waals surface area contributed by atoms with E-state index in [0.717, 1.165) is 11.6 Å². The Morgan fingerprint density at radius 1 is 1.21 bits per heavy atom. The van der Waals surface area contributed by atoms with Crippen LogP contribution in [0.5, 0.6) is 0 Å². The molecule has 0 amide bonds. The molecule has 1 heterocycles. The number of hydrogen-bond donors (Lipinski definition) is 2. The highest BCUT2D eigenvalue weighted by Gasteiger charge is 2.04. The summed E-state index contributed by atoms with van der Waals surface area (Å²) in [5, 5.41) is 3.06. The van der Waals surface area contributed by atoms with Gasteiger partial charge in [0.15, 0.2) is 0 Å². The van der Waals surface area contributed by atoms with Crippen LogP contribution in [0.4, 0.5) is 20.3 Å². The maximum absolute atomic E-state index is 13.0. The van der Waals surface area contributed by atoms with Crippen molar-refractivity contribution in [3.63, 3.8) is 0 Å². The van der Waals surface area contributed by atoms with Crippen molar-refractivity contribution in [1.29, 1.82) is 0 Å². The second-order valence-corrected chi connectivity index (χ2v) is 4.34. The third kappa shape index (κ3) is 3.40. The number of nitrogens with one attached hydrogen (secondary N) is 1. The van der Waals surface area contributed by atoms with Crippen LogP contribution in [0.15, 0.2) is 30.5 Å². The summed E-state index contributed by atoms with van der Waals surface area (Å²) in [6, 6.07) is 5.31. The van der Waals surface area contributed by atoms with E-state index < -0.39 is 11.6 Å². The van der Waals surface area contributed by atoms with Gasteiger partial charge < -0.3 is 11.1 Å². The molecule has 0 saturated heterocycles. The molecule has 0 saturated carbocycles. The third-order valence-electron chi connectivity index (χ3n) is 2.84. The first-order valence-electron chi connectivity index (χ1n) is 5.96. The molecule has 3 N–H and O–H groups in total. The Kier molecular flexibility index (Phi) is 3.94. The van der Waals surface area contributed by atoms with Gasteiger partial charge in [0.1, 0.15) is 17.5 Å². The monoisotopic (exact) mass is 263 g/mol. The molecular formula is C14H15F2N3. The molecule has 0 atom stereocenters. The van der Waals surface area contributed by atoms with Gasteiger partial charge in [-0.25, -0.2) is 13.8 Å². The Morgan fingerprint density at radius 2 is 1.89 bits per heavy atom. The van der Waals surface area contributed by atoms with E-state index in [9.17, 15) is 8.78 Å². The molecule has 0 unspecified atom stereocenters. The molecule has 5 heteroatoms. The molecule has 2 rings (SSSR count). The summed E-state index contributed by atoms with van der Waals surface area (Å²) >= 11 is 0. The van der Waals surface area contributed by atoms with Crippen molar-refractivity contribution in [2.24, 2.45) is 0 Å². The largest absolute Gasteiger partial charge is 0.396 e. The lowest BCUT2D eigenvalue weighted by Gasteiger charge is -2.10. The maximum atomic E-state index is 13.0. The predicted molar refractivity (Wildman–Crippen MR) is 71.9 cm³/mol. The Morgan fingerprint density at radius 3 is 2.58 bits per heavy atom. The molecule has 0 aliphatic heterocycles. The Balaban J connectivity index is 1.98. The highest BCUT2D eigenvalue weighted by atomic mass is 19.1. The first-order valence-corrected chi connectivity index (χ1v) is 5.96. The van der Waals surface area contributed by atoms with Crippen molar-refractivity contribution < 1.29 is 8.78 Å². The lowest BCUT2D eigenvalue weighted by Crippen LogP contribution is -2.09. The van der Waals surface area contributed by atoms with E-state index in [1.807, 2.05) is 13.0 Å². The smallest absolute Gasteiger partial charge is 0.149 e. The van der Waals surface area contributed by atoms with Crippen LogP contribution in [0.25, 0.3) is 0 Å². The SMILES string of the molecule is Cc1ccnc(NCCc2cc(F)cc(F)c2)c1N. The quantitative estimate of drug-likeness (QED) is 0.891. The summed E-state index contributed by atoms with van der Waals surface area (Å²) < 4.78 is 26.0. The van der Waals surface area contributed by atoms with Crippen LogP contribution in [0.2, 0.25) is 0 Å². The summed E-state index contributed by atoms with van der Waals surface area (Å²) in [6.07, 6.45) is 2.15. The molecule has 0 aliphatic rings. The number of aryl methyl sites for hydroxylation is 1. The molecule has 100 valence electrons. The van der Waals surface area contributed by atoms with Crippen molar-refractivity contribution in [2.45, 2.75) is 13.3 Å². The fourth-order valence-electron chi connectivity index (χ4n) is 1.79. The van der Waals surface area contributed by atoms with Gasteiger partial charge in [-0.15, -0.1) is 0 Å². The van der Waals surface area contributed by atoms with Gasteiger partial charge in [-0.1, -0.05) is 0 Å². The summed E-state index contributed by atoms with van der Waals surface area (Å²) in [7, 11) is 0. The fraction of sp³-hybridized carbons (Fsp3) is 0.214. The molecular weight excluding hydrogens is 248 g/mol. The van der Waals surface area contributed by atoms with E-state index in [2.05, 4.69) is 10.3 Å². The minimum absolute atomic E-state index is 0.490. The van der Waals surface area contributed by atoms with Crippen LogP contribution in [-0.2, 0) is 6.42 Å².